The summed E-state index contributed by atoms with van der Waals surface area (Å²) in [6.45, 7) is 19.6. The Morgan fingerprint density at radius 2 is 1.65 bits per heavy atom. The monoisotopic (exact) mass is 424 g/mol. The van der Waals surface area contributed by atoms with Crippen molar-refractivity contribution < 1.29 is 5.11 Å². The lowest BCUT2D eigenvalue weighted by molar-refractivity contribution is -0.234. The molecular formula is C30H48O. The molecular weight excluding hydrogens is 376 g/mol. The lowest BCUT2D eigenvalue weighted by Crippen LogP contribution is -2.65. The molecule has 31 heavy (non-hydrogen) atoms. The summed E-state index contributed by atoms with van der Waals surface area (Å²) in [7, 11) is 0. The van der Waals surface area contributed by atoms with Crippen molar-refractivity contribution in [1.29, 1.82) is 0 Å². The Balaban J connectivity index is 1.54. The van der Waals surface area contributed by atoms with Crippen LogP contribution >= 0.6 is 0 Å². The van der Waals surface area contributed by atoms with E-state index in [9.17, 15) is 5.11 Å². The molecule has 0 amide bonds. The van der Waals surface area contributed by atoms with Crippen molar-refractivity contribution in [2.24, 2.45) is 51.2 Å². The minimum atomic E-state index is -0.122. The minimum Gasteiger partial charge on any atom is -0.393 e. The van der Waals surface area contributed by atoms with Crippen LogP contribution in [0.1, 0.15) is 106 Å². The third kappa shape index (κ3) is 2.77. The van der Waals surface area contributed by atoms with Gasteiger partial charge in [0, 0.05) is 0 Å². The molecule has 1 N–H and O–H groups in total. The van der Waals surface area contributed by atoms with E-state index < -0.39 is 0 Å². The summed E-state index contributed by atoms with van der Waals surface area (Å²) >= 11 is 0. The molecule has 0 heterocycles. The number of fused-ring (bicyclic) bond motifs is 7. The Hall–Kier alpha value is -0.560. The van der Waals surface area contributed by atoms with Crippen LogP contribution in [0.2, 0.25) is 0 Å². The molecule has 0 spiro atoms. The number of allylic oxidation sites excluding steroid dienone is 3. The Bertz CT molecular complexity index is 790. The van der Waals surface area contributed by atoms with E-state index in [-0.39, 0.29) is 11.5 Å². The predicted molar refractivity (Wildman–Crippen MR) is 131 cm³/mol. The molecule has 0 aromatic rings. The van der Waals surface area contributed by atoms with Gasteiger partial charge in [-0.25, -0.2) is 0 Å². The highest BCUT2D eigenvalue weighted by atomic mass is 16.3. The van der Waals surface area contributed by atoms with E-state index in [0.29, 0.717) is 28.1 Å². The fourth-order valence-corrected chi connectivity index (χ4v) is 10.8. The molecule has 0 unspecified atom stereocenters. The van der Waals surface area contributed by atoms with Crippen molar-refractivity contribution in [1.82, 2.24) is 0 Å². The summed E-state index contributed by atoms with van der Waals surface area (Å²) in [6.07, 6.45) is 15.5. The number of rotatable bonds is 1. The number of hydrogen-bond acceptors (Lipinski definition) is 1. The third-order valence-electron chi connectivity index (χ3n) is 12.7. The van der Waals surface area contributed by atoms with Crippen LogP contribution in [-0.4, -0.2) is 11.2 Å². The first-order chi connectivity index (χ1) is 14.5. The molecule has 0 aliphatic heterocycles. The van der Waals surface area contributed by atoms with Gasteiger partial charge in [-0.15, -0.1) is 0 Å². The highest BCUT2D eigenvalue weighted by Crippen LogP contribution is 2.75. The van der Waals surface area contributed by atoms with Crippen molar-refractivity contribution in [2.45, 2.75) is 112 Å². The fraction of sp³-hybridized carbons (Fsp3) is 0.867. The summed E-state index contributed by atoms with van der Waals surface area (Å²) < 4.78 is 0. The van der Waals surface area contributed by atoms with Crippen molar-refractivity contribution in [2.75, 3.05) is 0 Å². The Morgan fingerprint density at radius 1 is 0.903 bits per heavy atom. The van der Waals surface area contributed by atoms with Crippen LogP contribution in [0.5, 0.6) is 0 Å². The lowest BCUT2D eigenvalue weighted by Gasteiger charge is -2.72. The molecule has 0 aromatic heterocycles. The van der Waals surface area contributed by atoms with Crippen LogP contribution in [0.4, 0.5) is 0 Å². The second-order valence-electron chi connectivity index (χ2n) is 13.9. The third-order valence-corrected chi connectivity index (χ3v) is 12.7. The van der Waals surface area contributed by atoms with Gasteiger partial charge in [0.25, 0.3) is 0 Å². The van der Waals surface area contributed by atoms with Gasteiger partial charge in [-0.1, -0.05) is 58.4 Å². The molecule has 4 fully saturated rings. The van der Waals surface area contributed by atoms with Gasteiger partial charge in [0.1, 0.15) is 0 Å². The number of aliphatic hydroxyl groups is 1. The first-order valence-corrected chi connectivity index (χ1v) is 13.5. The Morgan fingerprint density at radius 3 is 2.35 bits per heavy atom. The highest BCUT2D eigenvalue weighted by Gasteiger charge is 2.68. The maximum absolute atomic E-state index is 10.9. The van der Waals surface area contributed by atoms with E-state index in [1.54, 1.807) is 5.57 Å². The summed E-state index contributed by atoms with van der Waals surface area (Å²) in [5.74, 6) is 3.78. The summed E-state index contributed by atoms with van der Waals surface area (Å²) in [4.78, 5) is 0. The number of aliphatic hydroxyl groups excluding tert-OH is 1. The zero-order chi connectivity index (χ0) is 22.4. The molecule has 1 nitrogen and oxygen atoms in total. The molecule has 5 rings (SSSR count). The smallest absolute Gasteiger partial charge is 0.0594 e. The molecule has 0 radical (unpaired) electrons. The van der Waals surface area contributed by atoms with E-state index in [1.165, 1.54) is 63.4 Å². The zero-order valence-electron chi connectivity index (χ0n) is 21.3. The Kier molecular flexibility index (Phi) is 5.00. The molecule has 1 heteroatoms. The van der Waals surface area contributed by atoms with Gasteiger partial charge in [0.05, 0.1) is 6.10 Å². The van der Waals surface area contributed by atoms with Gasteiger partial charge < -0.3 is 5.11 Å². The van der Waals surface area contributed by atoms with Gasteiger partial charge in [0.2, 0.25) is 0 Å². The molecule has 174 valence electrons. The predicted octanol–water partition coefficient (Wildman–Crippen LogP) is 7.94. The Labute approximate surface area is 192 Å². The van der Waals surface area contributed by atoms with Gasteiger partial charge in [0.15, 0.2) is 0 Å². The first-order valence-electron chi connectivity index (χ1n) is 13.5. The summed E-state index contributed by atoms with van der Waals surface area (Å²) in [6, 6.07) is 0. The molecule has 9 atom stereocenters. The average Bonchev–Trinajstić information content (AvgIpc) is 2.71. The molecule has 5 aliphatic carbocycles. The SMILES string of the molecule is C=C(C)[C@@H]1CCC=C2CC[C@]3(C)[C@H](CC[C@@H]4[C@@]5(C)CC[C@H](O)C(C)(C)[C@@H]5CC[C@]43C)[C@H]21. The van der Waals surface area contributed by atoms with E-state index >= 15 is 0 Å². The lowest BCUT2D eigenvalue weighted by atomic mass is 9.33. The standard InChI is InChI=1S/C30H48O/c1-19(2)21-10-8-9-20-13-17-29(6)22(26(20)21)11-12-24-28(5)16-15-25(31)27(3,4)23(28)14-18-30(24,29)7/h9,21-26,31H,1,8,10-18H2,2-7H3/t21-,22+,23-,24+,25-,26+,28-,29+,30+/m0/s1. The second-order valence-corrected chi connectivity index (χ2v) is 13.9. The van der Waals surface area contributed by atoms with E-state index in [4.69, 9.17) is 0 Å². The van der Waals surface area contributed by atoms with Crippen LogP contribution < -0.4 is 0 Å². The largest absolute Gasteiger partial charge is 0.393 e. The summed E-state index contributed by atoms with van der Waals surface area (Å²) in [5, 5.41) is 10.9. The molecule has 0 bridgehead atoms. The second kappa shape index (κ2) is 6.97. The van der Waals surface area contributed by atoms with Crippen LogP contribution in [0.15, 0.2) is 23.8 Å². The number of hydrogen-bond donors (Lipinski definition) is 1. The van der Waals surface area contributed by atoms with Gasteiger partial charge in [-0.05, 0) is 122 Å². The maximum atomic E-state index is 10.9. The van der Waals surface area contributed by atoms with Crippen molar-refractivity contribution >= 4 is 0 Å². The van der Waals surface area contributed by atoms with Crippen molar-refractivity contribution in [3.63, 3.8) is 0 Å². The first kappa shape index (κ1) is 22.2. The van der Waals surface area contributed by atoms with Gasteiger partial charge in [-0.2, -0.15) is 0 Å². The fourth-order valence-electron chi connectivity index (χ4n) is 10.8. The van der Waals surface area contributed by atoms with E-state index in [2.05, 4.69) is 54.2 Å². The highest BCUT2D eigenvalue weighted by molar-refractivity contribution is 5.27. The van der Waals surface area contributed by atoms with E-state index in [1.807, 2.05) is 0 Å². The maximum Gasteiger partial charge on any atom is 0.0594 e. The topological polar surface area (TPSA) is 20.2 Å². The molecule has 0 aromatic carbocycles. The van der Waals surface area contributed by atoms with Crippen LogP contribution in [0.25, 0.3) is 0 Å². The van der Waals surface area contributed by atoms with Crippen LogP contribution in [0.3, 0.4) is 0 Å². The molecule has 4 saturated carbocycles. The van der Waals surface area contributed by atoms with Crippen molar-refractivity contribution in [3.05, 3.63) is 23.8 Å². The molecule has 5 aliphatic rings. The zero-order valence-corrected chi connectivity index (χ0v) is 21.3. The normalized spacial score (nSPS) is 53.3. The average molecular weight is 425 g/mol. The van der Waals surface area contributed by atoms with Crippen LogP contribution in [0, 0.1) is 51.2 Å². The van der Waals surface area contributed by atoms with Gasteiger partial charge >= 0.3 is 0 Å². The quantitative estimate of drug-likeness (QED) is 0.423. The minimum absolute atomic E-state index is 0.0585. The van der Waals surface area contributed by atoms with E-state index in [0.717, 1.165) is 24.2 Å². The van der Waals surface area contributed by atoms with Crippen LogP contribution in [-0.2, 0) is 0 Å². The summed E-state index contributed by atoms with van der Waals surface area (Å²) in [5.41, 5.74) is 4.55. The molecule has 0 saturated heterocycles. The van der Waals surface area contributed by atoms with Gasteiger partial charge in [-0.3, -0.25) is 0 Å². The van der Waals surface area contributed by atoms with Crippen molar-refractivity contribution in [3.8, 4) is 0 Å².